The molecule has 0 unspecified atom stereocenters. The van der Waals surface area contributed by atoms with Gasteiger partial charge in [-0.3, -0.25) is 0 Å². The zero-order chi connectivity index (χ0) is 8.97. The molecule has 0 fully saturated rings. The predicted octanol–water partition coefficient (Wildman–Crippen LogP) is 2.40. The highest BCUT2D eigenvalue weighted by atomic mass is 15.1. The van der Waals surface area contributed by atoms with E-state index in [4.69, 9.17) is 11.3 Å². The van der Waals surface area contributed by atoms with Crippen LogP contribution in [0, 0.1) is 6.92 Å². The molecular weight excluding hydrogens is 152 g/mol. The maximum atomic E-state index is 8.23. The molecule has 1 rings (SSSR count). The number of nitrogens with two attached hydrogens (primary N) is 1. The van der Waals surface area contributed by atoms with Gasteiger partial charge in [0.2, 0.25) is 0 Å². The summed E-state index contributed by atoms with van der Waals surface area (Å²) in [7, 11) is 0. The van der Waals surface area contributed by atoms with E-state index >= 15 is 0 Å². The summed E-state index contributed by atoms with van der Waals surface area (Å²) in [6.07, 6.45) is 0. The molecule has 4 heteroatoms. The number of aryl methyl sites for hydroxylation is 1. The molecule has 0 bridgehead atoms. The van der Waals surface area contributed by atoms with E-state index in [9.17, 15) is 0 Å². The van der Waals surface area contributed by atoms with E-state index in [1.165, 1.54) is 0 Å². The van der Waals surface area contributed by atoms with Crippen LogP contribution < -0.4 is 5.73 Å². The van der Waals surface area contributed by atoms with E-state index in [0.717, 1.165) is 11.1 Å². The zero-order valence-electron chi connectivity index (χ0n) is 6.86. The minimum absolute atomic E-state index is 0.399. The van der Waals surface area contributed by atoms with Crippen LogP contribution in [-0.4, -0.2) is 0 Å². The first-order valence-corrected chi connectivity index (χ1v) is 3.62. The van der Waals surface area contributed by atoms with E-state index < -0.39 is 0 Å². The molecule has 12 heavy (non-hydrogen) atoms. The molecule has 0 heterocycles. The van der Waals surface area contributed by atoms with Crippen molar-refractivity contribution in [3.05, 3.63) is 39.8 Å². The third-order valence-electron chi connectivity index (χ3n) is 1.61. The second kappa shape index (κ2) is 3.76. The minimum Gasteiger partial charge on any atom is -0.326 e. The van der Waals surface area contributed by atoms with Gasteiger partial charge in [0, 0.05) is 17.1 Å². The lowest BCUT2D eigenvalue weighted by Crippen LogP contribution is -1.96. The van der Waals surface area contributed by atoms with E-state index in [2.05, 4.69) is 10.0 Å². The SMILES string of the molecule is Cc1ccc(N=[N+]=[N-])c(CN)c1. The van der Waals surface area contributed by atoms with Crippen LogP contribution in [0.5, 0.6) is 0 Å². The molecule has 0 amide bonds. The molecule has 0 spiro atoms. The van der Waals surface area contributed by atoms with Crippen molar-refractivity contribution in [3.63, 3.8) is 0 Å². The van der Waals surface area contributed by atoms with Crippen molar-refractivity contribution in [2.45, 2.75) is 13.5 Å². The molecular formula is C8H10N4. The smallest absolute Gasteiger partial charge is 0.0420 e. The Morgan fingerprint density at radius 1 is 1.58 bits per heavy atom. The van der Waals surface area contributed by atoms with Gasteiger partial charge in [0.25, 0.3) is 0 Å². The monoisotopic (exact) mass is 162 g/mol. The van der Waals surface area contributed by atoms with Crippen LogP contribution in [0.2, 0.25) is 0 Å². The summed E-state index contributed by atoms with van der Waals surface area (Å²) in [5.74, 6) is 0. The summed E-state index contributed by atoms with van der Waals surface area (Å²) in [5, 5.41) is 3.52. The summed E-state index contributed by atoms with van der Waals surface area (Å²) in [6.45, 7) is 2.37. The summed E-state index contributed by atoms with van der Waals surface area (Å²) >= 11 is 0. The molecule has 0 atom stereocenters. The van der Waals surface area contributed by atoms with Crippen molar-refractivity contribution in [1.29, 1.82) is 0 Å². The first kappa shape index (κ1) is 8.59. The van der Waals surface area contributed by atoms with Gasteiger partial charge >= 0.3 is 0 Å². The van der Waals surface area contributed by atoms with Gasteiger partial charge in [0.05, 0.1) is 0 Å². The van der Waals surface area contributed by atoms with E-state index in [-0.39, 0.29) is 0 Å². The van der Waals surface area contributed by atoms with Gasteiger partial charge in [0.1, 0.15) is 0 Å². The molecule has 0 radical (unpaired) electrons. The highest BCUT2D eigenvalue weighted by Crippen LogP contribution is 2.19. The Hall–Kier alpha value is -1.51. The maximum absolute atomic E-state index is 8.23. The van der Waals surface area contributed by atoms with Crippen molar-refractivity contribution in [2.24, 2.45) is 10.8 Å². The van der Waals surface area contributed by atoms with Gasteiger partial charge in [0.15, 0.2) is 0 Å². The number of azide groups is 1. The highest BCUT2D eigenvalue weighted by molar-refractivity contribution is 5.47. The first-order chi connectivity index (χ1) is 5.77. The second-order valence-electron chi connectivity index (χ2n) is 2.53. The largest absolute Gasteiger partial charge is 0.326 e. The molecule has 1 aromatic carbocycles. The minimum atomic E-state index is 0.399. The highest BCUT2D eigenvalue weighted by Gasteiger charge is 1.97. The zero-order valence-corrected chi connectivity index (χ0v) is 6.86. The maximum Gasteiger partial charge on any atom is 0.0420 e. The molecule has 0 aliphatic carbocycles. The average molecular weight is 162 g/mol. The van der Waals surface area contributed by atoms with Crippen LogP contribution >= 0.6 is 0 Å². The Balaban J connectivity index is 3.19. The van der Waals surface area contributed by atoms with Crippen LogP contribution in [0.15, 0.2) is 23.3 Å². The third-order valence-corrected chi connectivity index (χ3v) is 1.61. The second-order valence-corrected chi connectivity index (χ2v) is 2.53. The van der Waals surface area contributed by atoms with Gasteiger partial charge in [-0.1, -0.05) is 28.9 Å². The molecule has 62 valence electrons. The van der Waals surface area contributed by atoms with E-state index in [1.54, 1.807) is 6.07 Å². The van der Waals surface area contributed by atoms with Crippen molar-refractivity contribution in [1.82, 2.24) is 0 Å². The molecule has 0 aliphatic rings. The predicted molar refractivity (Wildman–Crippen MR) is 47.9 cm³/mol. The normalized spacial score (nSPS) is 9.17. The lowest BCUT2D eigenvalue weighted by Gasteiger charge is -2.02. The molecule has 1 aromatic rings. The van der Waals surface area contributed by atoms with Gasteiger partial charge < -0.3 is 5.73 Å². The van der Waals surface area contributed by atoms with Crippen LogP contribution in [0.4, 0.5) is 5.69 Å². The summed E-state index contributed by atoms with van der Waals surface area (Å²) in [4.78, 5) is 2.71. The number of hydrogen-bond acceptors (Lipinski definition) is 2. The molecule has 0 saturated heterocycles. The fraction of sp³-hybridized carbons (Fsp3) is 0.250. The Morgan fingerprint density at radius 3 is 2.92 bits per heavy atom. The van der Waals surface area contributed by atoms with E-state index in [1.807, 2.05) is 19.1 Å². The van der Waals surface area contributed by atoms with E-state index in [0.29, 0.717) is 12.2 Å². The van der Waals surface area contributed by atoms with Gasteiger partial charge in [-0.2, -0.15) is 0 Å². The number of rotatable bonds is 2. The molecule has 0 aliphatic heterocycles. The van der Waals surface area contributed by atoms with Gasteiger partial charge in [-0.05, 0) is 18.0 Å². The molecule has 2 N–H and O–H groups in total. The average Bonchev–Trinajstić information content (AvgIpc) is 2.08. The quantitative estimate of drug-likeness (QED) is 0.404. The summed E-state index contributed by atoms with van der Waals surface area (Å²) in [5.41, 5.74) is 16.3. The topological polar surface area (TPSA) is 74.8 Å². The summed E-state index contributed by atoms with van der Waals surface area (Å²) < 4.78 is 0. The lowest BCUT2D eigenvalue weighted by molar-refractivity contribution is 1.06. The van der Waals surface area contributed by atoms with Crippen LogP contribution in [-0.2, 0) is 6.54 Å². The summed E-state index contributed by atoms with van der Waals surface area (Å²) in [6, 6.07) is 5.59. The third kappa shape index (κ3) is 1.75. The van der Waals surface area contributed by atoms with Gasteiger partial charge in [-0.25, -0.2) is 0 Å². The van der Waals surface area contributed by atoms with Crippen LogP contribution in [0.25, 0.3) is 10.4 Å². The van der Waals surface area contributed by atoms with Gasteiger partial charge in [-0.15, -0.1) is 0 Å². The molecule has 0 saturated carbocycles. The number of nitrogens with zero attached hydrogens (tertiary/aromatic N) is 3. The lowest BCUT2D eigenvalue weighted by atomic mass is 10.1. The van der Waals surface area contributed by atoms with Crippen LogP contribution in [0.1, 0.15) is 11.1 Å². The van der Waals surface area contributed by atoms with Crippen molar-refractivity contribution in [3.8, 4) is 0 Å². The standard InChI is InChI=1S/C8H10N4/c1-6-2-3-8(11-12-10)7(4-6)5-9/h2-4H,5,9H2,1H3. The van der Waals surface area contributed by atoms with Crippen molar-refractivity contribution in [2.75, 3.05) is 0 Å². The number of benzene rings is 1. The Morgan fingerprint density at radius 2 is 2.33 bits per heavy atom. The Labute approximate surface area is 70.6 Å². The van der Waals surface area contributed by atoms with Crippen molar-refractivity contribution < 1.29 is 0 Å². The van der Waals surface area contributed by atoms with Crippen LogP contribution in [0.3, 0.4) is 0 Å². The number of hydrogen-bond donors (Lipinski definition) is 1. The molecule has 4 nitrogen and oxygen atoms in total. The Bertz CT molecular complexity index is 326. The first-order valence-electron chi connectivity index (χ1n) is 3.62. The Kier molecular flexibility index (Phi) is 2.69. The van der Waals surface area contributed by atoms with Crippen molar-refractivity contribution >= 4 is 5.69 Å². The fourth-order valence-electron chi connectivity index (χ4n) is 1.02. The fourth-order valence-corrected chi connectivity index (χ4v) is 1.02. The molecule has 0 aromatic heterocycles.